The van der Waals surface area contributed by atoms with E-state index >= 15 is 0 Å². The van der Waals surface area contributed by atoms with Gasteiger partial charge in [-0.2, -0.15) is 0 Å². The van der Waals surface area contributed by atoms with E-state index in [1.165, 1.54) is 0 Å². The van der Waals surface area contributed by atoms with Crippen LogP contribution in [0.3, 0.4) is 0 Å². The second-order valence-corrected chi connectivity index (χ2v) is 6.81. The Morgan fingerprint density at radius 3 is 2.09 bits per heavy atom. The molecule has 22 heavy (non-hydrogen) atoms. The quantitative estimate of drug-likeness (QED) is 0.736. The molecule has 0 bridgehead atoms. The Labute approximate surface area is 132 Å². The lowest BCUT2D eigenvalue weighted by Gasteiger charge is -2.08. The molecule has 2 N–H and O–H groups in total. The summed E-state index contributed by atoms with van der Waals surface area (Å²) < 4.78 is 27.0. The molecule has 5 heteroatoms. The molecule has 0 aliphatic carbocycles. The van der Waals surface area contributed by atoms with Gasteiger partial charge in [0.2, 0.25) is 10.0 Å². The van der Waals surface area contributed by atoms with Crippen molar-refractivity contribution in [3.8, 4) is 11.1 Å². The molecule has 0 atom stereocenters. The molecule has 118 valence electrons. The van der Waals surface area contributed by atoms with Crippen LogP contribution in [0.4, 0.5) is 0 Å². The van der Waals surface area contributed by atoms with E-state index in [0.29, 0.717) is 18.0 Å². The van der Waals surface area contributed by atoms with E-state index in [-0.39, 0.29) is 0 Å². The number of hydrogen-bond donors (Lipinski definition) is 2. The zero-order valence-corrected chi connectivity index (χ0v) is 13.6. The second kappa shape index (κ2) is 8.08. The van der Waals surface area contributed by atoms with Crippen LogP contribution in [0.2, 0.25) is 0 Å². The lowest BCUT2D eigenvalue weighted by Crippen LogP contribution is -2.32. The van der Waals surface area contributed by atoms with Gasteiger partial charge in [-0.05, 0) is 36.2 Å². The maximum absolute atomic E-state index is 12.2. The second-order valence-electron chi connectivity index (χ2n) is 5.04. The van der Waals surface area contributed by atoms with Gasteiger partial charge < -0.3 is 5.32 Å². The first-order valence-corrected chi connectivity index (χ1v) is 8.97. The Hall–Kier alpha value is -1.69. The topological polar surface area (TPSA) is 58.2 Å². The number of benzene rings is 2. The SMILES string of the molecule is CCCNCCNS(=O)(=O)c1ccc(-c2ccccc2)cc1. The molecular formula is C17H22N2O2S. The van der Waals surface area contributed by atoms with Crippen molar-refractivity contribution in [2.75, 3.05) is 19.6 Å². The Morgan fingerprint density at radius 2 is 1.45 bits per heavy atom. The van der Waals surface area contributed by atoms with Crippen molar-refractivity contribution < 1.29 is 8.42 Å². The predicted octanol–water partition coefficient (Wildman–Crippen LogP) is 2.63. The van der Waals surface area contributed by atoms with Crippen LogP contribution in [0, 0.1) is 0 Å². The highest BCUT2D eigenvalue weighted by Crippen LogP contribution is 2.20. The first kappa shape index (κ1) is 16.7. The monoisotopic (exact) mass is 318 g/mol. The molecule has 0 spiro atoms. The molecule has 2 aromatic carbocycles. The predicted molar refractivity (Wildman–Crippen MR) is 90.2 cm³/mol. The number of nitrogens with one attached hydrogen (secondary N) is 2. The molecule has 2 aromatic rings. The summed E-state index contributed by atoms with van der Waals surface area (Å²) in [5.74, 6) is 0. The molecule has 0 radical (unpaired) electrons. The van der Waals surface area contributed by atoms with Crippen LogP contribution in [-0.2, 0) is 10.0 Å². The van der Waals surface area contributed by atoms with E-state index in [0.717, 1.165) is 24.1 Å². The Bertz CT molecular complexity index is 668. The molecule has 0 aromatic heterocycles. The van der Waals surface area contributed by atoms with Crippen LogP contribution in [0.25, 0.3) is 11.1 Å². The molecule has 0 saturated carbocycles. The van der Waals surface area contributed by atoms with Crippen LogP contribution in [-0.4, -0.2) is 28.1 Å². The molecule has 4 nitrogen and oxygen atoms in total. The number of hydrogen-bond acceptors (Lipinski definition) is 3. The normalized spacial score (nSPS) is 11.5. The van der Waals surface area contributed by atoms with Crippen molar-refractivity contribution in [3.63, 3.8) is 0 Å². The Kier molecular flexibility index (Phi) is 6.12. The maximum atomic E-state index is 12.2. The highest BCUT2D eigenvalue weighted by Gasteiger charge is 2.12. The molecule has 0 heterocycles. The summed E-state index contributed by atoms with van der Waals surface area (Å²) in [6.45, 7) is 4.00. The summed E-state index contributed by atoms with van der Waals surface area (Å²) in [5.41, 5.74) is 2.08. The maximum Gasteiger partial charge on any atom is 0.240 e. The minimum absolute atomic E-state index is 0.294. The lowest BCUT2D eigenvalue weighted by atomic mass is 10.1. The summed E-state index contributed by atoms with van der Waals surface area (Å²) in [6.07, 6.45) is 1.04. The van der Waals surface area contributed by atoms with E-state index in [4.69, 9.17) is 0 Å². The van der Waals surface area contributed by atoms with Gasteiger partial charge in [-0.25, -0.2) is 13.1 Å². The van der Waals surface area contributed by atoms with E-state index in [2.05, 4.69) is 17.0 Å². The van der Waals surface area contributed by atoms with Crippen LogP contribution in [0.1, 0.15) is 13.3 Å². The number of sulfonamides is 1. The third-order valence-electron chi connectivity index (χ3n) is 3.29. The summed E-state index contributed by atoms with van der Waals surface area (Å²) >= 11 is 0. The molecule has 2 rings (SSSR count). The van der Waals surface area contributed by atoms with E-state index in [1.807, 2.05) is 42.5 Å². The largest absolute Gasteiger partial charge is 0.315 e. The van der Waals surface area contributed by atoms with Crippen LogP contribution >= 0.6 is 0 Å². The Morgan fingerprint density at radius 1 is 0.818 bits per heavy atom. The fourth-order valence-electron chi connectivity index (χ4n) is 2.12. The fourth-order valence-corrected chi connectivity index (χ4v) is 3.15. The van der Waals surface area contributed by atoms with Gasteiger partial charge in [0.1, 0.15) is 0 Å². The van der Waals surface area contributed by atoms with E-state index < -0.39 is 10.0 Å². The average molecular weight is 318 g/mol. The minimum Gasteiger partial charge on any atom is -0.315 e. The minimum atomic E-state index is -3.44. The van der Waals surface area contributed by atoms with Crippen LogP contribution in [0.15, 0.2) is 59.5 Å². The van der Waals surface area contributed by atoms with E-state index in [9.17, 15) is 8.42 Å². The first-order valence-electron chi connectivity index (χ1n) is 7.49. The van der Waals surface area contributed by atoms with Gasteiger partial charge in [-0.3, -0.25) is 0 Å². The Balaban J connectivity index is 2.00. The lowest BCUT2D eigenvalue weighted by molar-refractivity contribution is 0.575. The molecular weight excluding hydrogens is 296 g/mol. The molecule has 0 saturated heterocycles. The van der Waals surface area contributed by atoms with Gasteiger partial charge >= 0.3 is 0 Å². The van der Waals surface area contributed by atoms with Gasteiger partial charge in [-0.1, -0.05) is 49.4 Å². The van der Waals surface area contributed by atoms with Gasteiger partial charge in [0.15, 0.2) is 0 Å². The zero-order chi connectivity index (χ0) is 15.8. The summed E-state index contributed by atoms with van der Waals surface area (Å²) in [7, 11) is -3.44. The van der Waals surface area contributed by atoms with Crippen molar-refractivity contribution in [1.29, 1.82) is 0 Å². The molecule has 0 unspecified atom stereocenters. The smallest absolute Gasteiger partial charge is 0.240 e. The van der Waals surface area contributed by atoms with Gasteiger partial charge in [0.25, 0.3) is 0 Å². The summed E-state index contributed by atoms with van der Waals surface area (Å²) in [5, 5.41) is 3.16. The van der Waals surface area contributed by atoms with Crippen molar-refractivity contribution in [2.45, 2.75) is 18.2 Å². The van der Waals surface area contributed by atoms with Crippen molar-refractivity contribution in [1.82, 2.24) is 10.0 Å². The molecule has 0 fully saturated rings. The van der Waals surface area contributed by atoms with Crippen LogP contribution < -0.4 is 10.0 Å². The highest BCUT2D eigenvalue weighted by molar-refractivity contribution is 7.89. The van der Waals surface area contributed by atoms with E-state index in [1.54, 1.807) is 12.1 Å². The van der Waals surface area contributed by atoms with Crippen molar-refractivity contribution >= 4 is 10.0 Å². The zero-order valence-electron chi connectivity index (χ0n) is 12.7. The summed E-state index contributed by atoms with van der Waals surface area (Å²) in [4.78, 5) is 0.294. The van der Waals surface area contributed by atoms with Gasteiger partial charge in [0.05, 0.1) is 4.90 Å². The van der Waals surface area contributed by atoms with Crippen LogP contribution in [0.5, 0.6) is 0 Å². The molecule has 0 aliphatic rings. The first-order chi connectivity index (χ1) is 10.6. The average Bonchev–Trinajstić information content (AvgIpc) is 2.55. The molecule has 0 amide bonds. The molecule has 0 aliphatic heterocycles. The van der Waals surface area contributed by atoms with Gasteiger partial charge in [0, 0.05) is 13.1 Å². The third kappa shape index (κ3) is 4.66. The van der Waals surface area contributed by atoms with Crippen molar-refractivity contribution in [2.24, 2.45) is 0 Å². The van der Waals surface area contributed by atoms with Gasteiger partial charge in [-0.15, -0.1) is 0 Å². The third-order valence-corrected chi connectivity index (χ3v) is 4.77. The fraction of sp³-hybridized carbons (Fsp3) is 0.294. The highest BCUT2D eigenvalue weighted by atomic mass is 32.2. The summed E-state index contributed by atoms with van der Waals surface area (Å²) in [6, 6.07) is 16.8. The number of rotatable bonds is 8. The standard InChI is InChI=1S/C17H22N2O2S/c1-2-12-18-13-14-19-22(20,21)17-10-8-16(9-11-17)15-6-4-3-5-7-15/h3-11,18-19H,2,12-14H2,1H3. The van der Waals surface area contributed by atoms with Crippen molar-refractivity contribution in [3.05, 3.63) is 54.6 Å².